The minimum atomic E-state index is -0.561. The molecule has 1 aliphatic heterocycles. The molecule has 2 heterocycles. The molecular formula is C22H25N3O3. The lowest BCUT2D eigenvalue weighted by Gasteiger charge is -2.28. The van der Waals surface area contributed by atoms with Crippen LogP contribution in [0.1, 0.15) is 23.1 Å². The molecule has 0 fully saturated rings. The van der Waals surface area contributed by atoms with Gasteiger partial charge in [0.1, 0.15) is 17.3 Å². The van der Waals surface area contributed by atoms with Gasteiger partial charge in [0.15, 0.2) is 0 Å². The number of rotatable bonds is 5. The topological polar surface area (TPSA) is 70.8 Å². The molecule has 0 amide bonds. The number of aromatic nitrogens is 2. The maximum absolute atomic E-state index is 10.6. The molecule has 6 nitrogen and oxygen atoms in total. The minimum Gasteiger partial charge on any atom is -0.507 e. The summed E-state index contributed by atoms with van der Waals surface area (Å²) >= 11 is 0. The summed E-state index contributed by atoms with van der Waals surface area (Å²) in [5.74, 6) is 1.80. The molecule has 1 atom stereocenters. The van der Waals surface area contributed by atoms with Gasteiger partial charge in [0.2, 0.25) is 0 Å². The zero-order valence-corrected chi connectivity index (χ0v) is 16.2. The third-order valence-corrected chi connectivity index (χ3v) is 5.41. The van der Waals surface area contributed by atoms with E-state index >= 15 is 0 Å². The van der Waals surface area contributed by atoms with Gasteiger partial charge in [-0.3, -0.25) is 4.90 Å². The maximum Gasteiger partial charge on any atom is 0.144 e. The lowest BCUT2D eigenvalue weighted by atomic mass is 10.1. The smallest absolute Gasteiger partial charge is 0.144 e. The lowest BCUT2D eigenvalue weighted by Crippen LogP contribution is -2.34. The average Bonchev–Trinajstić information content (AvgIpc) is 3.04. The summed E-state index contributed by atoms with van der Waals surface area (Å²) in [6.45, 7) is 2.10. The van der Waals surface area contributed by atoms with Gasteiger partial charge >= 0.3 is 0 Å². The Bertz CT molecular complexity index is 966. The summed E-state index contributed by atoms with van der Waals surface area (Å²) in [6.07, 6.45) is 0.302. The van der Waals surface area contributed by atoms with E-state index in [4.69, 9.17) is 9.72 Å². The Morgan fingerprint density at radius 1 is 1.14 bits per heavy atom. The van der Waals surface area contributed by atoms with Crippen molar-refractivity contribution in [1.29, 1.82) is 0 Å². The number of aliphatic hydroxyl groups excluding tert-OH is 1. The molecule has 0 saturated carbocycles. The molecule has 2 N–H and O–H groups in total. The van der Waals surface area contributed by atoms with Crippen molar-refractivity contribution < 1.29 is 14.9 Å². The predicted octanol–water partition coefficient (Wildman–Crippen LogP) is 2.89. The molecule has 2 aromatic carbocycles. The number of hydrogen-bond acceptors (Lipinski definition) is 5. The maximum atomic E-state index is 10.6. The Morgan fingerprint density at radius 2 is 1.89 bits per heavy atom. The van der Waals surface area contributed by atoms with E-state index in [9.17, 15) is 10.2 Å². The van der Waals surface area contributed by atoms with Gasteiger partial charge in [-0.25, -0.2) is 4.98 Å². The van der Waals surface area contributed by atoms with Crippen LogP contribution in [0.3, 0.4) is 0 Å². The van der Waals surface area contributed by atoms with E-state index < -0.39 is 6.10 Å². The van der Waals surface area contributed by atoms with Crippen molar-refractivity contribution in [2.45, 2.75) is 19.1 Å². The number of benzene rings is 2. The van der Waals surface area contributed by atoms with Crippen LogP contribution in [0.15, 0.2) is 48.5 Å². The molecule has 28 heavy (non-hydrogen) atoms. The quantitative estimate of drug-likeness (QED) is 0.713. The molecule has 6 heteroatoms. The second kappa shape index (κ2) is 7.66. The van der Waals surface area contributed by atoms with E-state index in [0.29, 0.717) is 13.1 Å². The molecule has 4 rings (SSSR count). The minimum absolute atomic E-state index is 0.236. The number of aliphatic hydroxyl groups is 1. The number of methoxy groups -OCH3 is 1. The standard InChI is InChI=1S/C22H25N3O3/c1-24-19-11-12-25(14-21(27)15-7-9-16(28-2)10-8-15)13-18(19)23-22(24)17-5-3-4-6-20(17)26/h3-10,21,26-27H,11-14H2,1-2H3. The summed E-state index contributed by atoms with van der Waals surface area (Å²) in [5, 5.41) is 20.8. The number of ether oxygens (including phenoxy) is 1. The Labute approximate surface area is 164 Å². The Kier molecular flexibility index (Phi) is 5.07. The number of imidazole rings is 1. The summed E-state index contributed by atoms with van der Waals surface area (Å²) in [7, 11) is 3.63. The molecule has 1 aromatic heterocycles. The van der Waals surface area contributed by atoms with Crippen LogP contribution < -0.4 is 4.74 Å². The number of aromatic hydroxyl groups is 1. The van der Waals surface area contributed by atoms with Crippen LogP contribution >= 0.6 is 0 Å². The molecule has 0 aliphatic carbocycles. The number of para-hydroxylation sites is 1. The SMILES string of the molecule is COc1ccc(C(O)CN2CCc3c(nc(-c4ccccc4O)n3C)C2)cc1. The third-order valence-electron chi connectivity index (χ3n) is 5.41. The summed E-state index contributed by atoms with van der Waals surface area (Å²) in [4.78, 5) is 7.02. The fourth-order valence-electron chi connectivity index (χ4n) is 3.82. The molecule has 0 spiro atoms. The van der Waals surface area contributed by atoms with Crippen molar-refractivity contribution >= 4 is 0 Å². The first-order valence-electron chi connectivity index (χ1n) is 9.44. The predicted molar refractivity (Wildman–Crippen MR) is 107 cm³/mol. The van der Waals surface area contributed by atoms with Gasteiger partial charge in [-0.1, -0.05) is 24.3 Å². The number of nitrogens with zero attached hydrogens (tertiary/aromatic N) is 3. The average molecular weight is 379 g/mol. The number of phenols is 1. The normalized spacial score (nSPS) is 15.2. The van der Waals surface area contributed by atoms with E-state index in [0.717, 1.165) is 41.4 Å². The number of hydrogen-bond donors (Lipinski definition) is 2. The van der Waals surface area contributed by atoms with Crippen molar-refractivity contribution in [2.24, 2.45) is 7.05 Å². The van der Waals surface area contributed by atoms with E-state index in [-0.39, 0.29) is 5.75 Å². The lowest BCUT2D eigenvalue weighted by molar-refractivity contribution is 0.104. The van der Waals surface area contributed by atoms with Crippen LogP contribution in [0.2, 0.25) is 0 Å². The largest absolute Gasteiger partial charge is 0.507 e. The highest BCUT2D eigenvalue weighted by atomic mass is 16.5. The molecule has 146 valence electrons. The molecule has 1 aliphatic rings. The highest BCUT2D eigenvalue weighted by molar-refractivity contribution is 5.64. The number of β-amino-alcohol motifs (C(OH)–C–C–N with tert-alkyl or cyclic N) is 1. The van der Waals surface area contributed by atoms with E-state index in [2.05, 4.69) is 9.47 Å². The van der Waals surface area contributed by atoms with Gasteiger partial charge in [0.25, 0.3) is 0 Å². The first kappa shape index (κ1) is 18.5. The van der Waals surface area contributed by atoms with Crippen molar-refractivity contribution in [3.05, 3.63) is 65.5 Å². The van der Waals surface area contributed by atoms with Crippen LogP contribution in [0.25, 0.3) is 11.4 Å². The van der Waals surface area contributed by atoms with E-state index in [1.54, 1.807) is 13.2 Å². The van der Waals surface area contributed by atoms with Gasteiger partial charge in [-0.2, -0.15) is 0 Å². The second-order valence-electron chi connectivity index (χ2n) is 7.18. The molecule has 0 radical (unpaired) electrons. The van der Waals surface area contributed by atoms with Crippen molar-refractivity contribution in [2.75, 3.05) is 20.2 Å². The molecule has 1 unspecified atom stereocenters. The van der Waals surface area contributed by atoms with Crippen LogP contribution in [-0.2, 0) is 20.0 Å². The van der Waals surface area contributed by atoms with Gasteiger partial charge < -0.3 is 19.5 Å². The second-order valence-corrected chi connectivity index (χ2v) is 7.18. The van der Waals surface area contributed by atoms with Gasteiger partial charge in [-0.05, 0) is 29.8 Å². The highest BCUT2D eigenvalue weighted by Crippen LogP contribution is 2.31. The first-order valence-corrected chi connectivity index (χ1v) is 9.44. The first-order chi connectivity index (χ1) is 13.6. The molecular weight excluding hydrogens is 354 g/mol. The highest BCUT2D eigenvalue weighted by Gasteiger charge is 2.25. The van der Waals surface area contributed by atoms with Gasteiger partial charge in [0.05, 0.1) is 24.5 Å². The fraction of sp³-hybridized carbons (Fsp3) is 0.318. The summed E-state index contributed by atoms with van der Waals surface area (Å²) in [6, 6.07) is 14.8. The van der Waals surface area contributed by atoms with Crippen LogP contribution in [-0.4, -0.2) is 44.9 Å². The third kappa shape index (κ3) is 3.48. The van der Waals surface area contributed by atoms with Crippen molar-refractivity contribution in [1.82, 2.24) is 14.5 Å². The van der Waals surface area contributed by atoms with E-state index in [1.807, 2.05) is 49.5 Å². The summed E-state index contributed by atoms with van der Waals surface area (Å²) < 4.78 is 7.25. The Balaban J connectivity index is 1.50. The van der Waals surface area contributed by atoms with Crippen molar-refractivity contribution in [3.63, 3.8) is 0 Å². The Hall–Kier alpha value is -2.83. The number of fused-ring (bicyclic) bond motifs is 1. The van der Waals surface area contributed by atoms with E-state index in [1.165, 1.54) is 5.69 Å². The number of phenolic OH excluding ortho intramolecular Hbond substituents is 1. The zero-order valence-electron chi connectivity index (χ0n) is 16.2. The van der Waals surface area contributed by atoms with Crippen LogP contribution in [0.4, 0.5) is 0 Å². The molecule has 0 bridgehead atoms. The van der Waals surface area contributed by atoms with Crippen LogP contribution in [0, 0.1) is 0 Å². The van der Waals surface area contributed by atoms with Crippen LogP contribution in [0.5, 0.6) is 11.5 Å². The fourth-order valence-corrected chi connectivity index (χ4v) is 3.82. The zero-order chi connectivity index (χ0) is 19.7. The summed E-state index contributed by atoms with van der Waals surface area (Å²) in [5.41, 5.74) is 3.81. The Morgan fingerprint density at radius 3 is 2.61 bits per heavy atom. The molecule has 3 aromatic rings. The monoisotopic (exact) mass is 379 g/mol. The van der Waals surface area contributed by atoms with Crippen molar-refractivity contribution in [3.8, 4) is 22.9 Å². The van der Waals surface area contributed by atoms with Gasteiger partial charge in [-0.15, -0.1) is 0 Å². The van der Waals surface area contributed by atoms with Gasteiger partial charge in [0, 0.05) is 38.8 Å². The molecule has 0 saturated heterocycles.